The van der Waals surface area contributed by atoms with Crippen LogP contribution in [0.2, 0.25) is 0 Å². The summed E-state index contributed by atoms with van der Waals surface area (Å²) in [6.07, 6.45) is 9.03. The summed E-state index contributed by atoms with van der Waals surface area (Å²) in [5.74, 6) is 0.219. The molecular weight excluding hydrogens is 284 g/mol. The summed E-state index contributed by atoms with van der Waals surface area (Å²) in [5.41, 5.74) is 2.32. The molecule has 110 valence electrons. The Bertz CT molecular complexity index is 633. The summed E-state index contributed by atoms with van der Waals surface area (Å²) in [6.45, 7) is 1.93. The van der Waals surface area contributed by atoms with Crippen molar-refractivity contribution in [2.75, 3.05) is 13.1 Å². The first kappa shape index (κ1) is 13.1. The van der Waals surface area contributed by atoms with Crippen LogP contribution in [0.5, 0.6) is 0 Å². The predicted molar refractivity (Wildman–Crippen MR) is 81.0 cm³/mol. The molecule has 0 atom stereocenters. The van der Waals surface area contributed by atoms with Gasteiger partial charge in [-0.25, -0.2) is 4.98 Å². The molecule has 2 fully saturated rings. The van der Waals surface area contributed by atoms with Crippen molar-refractivity contribution in [2.45, 2.75) is 32.1 Å². The van der Waals surface area contributed by atoms with E-state index in [4.69, 9.17) is 4.42 Å². The Hall–Kier alpha value is -1.62. The standard InChI is InChI=1S/C16H18N2O2S/c19-14(18-10-16(11-18)4-1-2-5-16)7-13-9-21-15(17-13)12-3-6-20-8-12/h3,6,8-9H,1-2,4-5,7,10-11H2. The van der Waals surface area contributed by atoms with Crippen molar-refractivity contribution in [3.8, 4) is 10.6 Å². The Kier molecular flexibility index (Phi) is 3.10. The Balaban J connectivity index is 1.37. The molecule has 0 aromatic carbocycles. The van der Waals surface area contributed by atoms with Gasteiger partial charge >= 0.3 is 0 Å². The molecule has 0 N–H and O–H groups in total. The first-order valence-electron chi connectivity index (χ1n) is 7.49. The smallest absolute Gasteiger partial charge is 0.228 e. The molecule has 1 saturated carbocycles. The van der Waals surface area contributed by atoms with E-state index in [1.807, 2.05) is 16.3 Å². The molecule has 4 nitrogen and oxygen atoms in total. The van der Waals surface area contributed by atoms with E-state index in [0.29, 0.717) is 11.8 Å². The lowest BCUT2D eigenvalue weighted by molar-refractivity contribution is -0.142. The Morgan fingerprint density at radius 2 is 2.19 bits per heavy atom. The third-order valence-electron chi connectivity index (χ3n) is 4.72. The predicted octanol–water partition coefficient (Wildman–Crippen LogP) is 3.35. The van der Waals surface area contributed by atoms with Crippen LogP contribution in [-0.2, 0) is 11.2 Å². The number of aromatic nitrogens is 1. The van der Waals surface area contributed by atoms with Crippen LogP contribution >= 0.6 is 11.3 Å². The summed E-state index contributed by atoms with van der Waals surface area (Å²) >= 11 is 1.56. The summed E-state index contributed by atoms with van der Waals surface area (Å²) in [5, 5.41) is 2.90. The van der Waals surface area contributed by atoms with Crippen molar-refractivity contribution >= 4 is 17.2 Å². The molecule has 1 aliphatic carbocycles. The average Bonchev–Trinajstić information content (AvgIpc) is 3.17. The maximum atomic E-state index is 12.3. The van der Waals surface area contributed by atoms with E-state index < -0.39 is 0 Å². The molecule has 4 rings (SSSR count). The monoisotopic (exact) mass is 302 g/mol. The van der Waals surface area contributed by atoms with Crippen molar-refractivity contribution in [1.82, 2.24) is 9.88 Å². The Labute approximate surface area is 127 Å². The van der Waals surface area contributed by atoms with Crippen molar-refractivity contribution in [2.24, 2.45) is 5.41 Å². The van der Waals surface area contributed by atoms with Crippen molar-refractivity contribution in [3.05, 3.63) is 29.7 Å². The fourth-order valence-electron chi connectivity index (χ4n) is 3.55. The molecule has 5 heteroatoms. The molecule has 2 aromatic heterocycles. The quantitative estimate of drug-likeness (QED) is 0.873. The minimum absolute atomic E-state index is 0.219. The largest absolute Gasteiger partial charge is 0.472 e. The second-order valence-corrected chi connectivity index (χ2v) is 7.15. The van der Waals surface area contributed by atoms with Gasteiger partial charge in [-0.15, -0.1) is 11.3 Å². The molecule has 21 heavy (non-hydrogen) atoms. The highest BCUT2D eigenvalue weighted by molar-refractivity contribution is 7.13. The van der Waals surface area contributed by atoms with Crippen LogP contribution in [0.3, 0.4) is 0 Å². The maximum absolute atomic E-state index is 12.3. The minimum Gasteiger partial charge on any atom is -0.472 e. The second-order valence-electron chi connectivity index (χ2n) is 6.29. The lowest BCUT2D eigenvalue weighted by Crippen LogP contribution is -2.57. The molecule has 0 bridgehead atoms. The summed E-state index contributed by atoms with van der Waals surface area (Å²) < 4.78 is 5.07. The maximum Gasteiger partial charge on any atom is 0.228 e. The number of thiazole rings is 1. The number of carbonyl (C=O) groups is 1. The molecule has 2 aliphatic rings. The van der Waals surface area contributed by atoms with Crippen molar-refractivity contribution in [1.29, 1.82) is 0 Å². The third-order valence-corrected chi connectivity index (χ3v) is 5.66. The van der Waals surface area contributed by atoms with E-state index in [1.165, 1.54) is 25.7 Å². The molecular formula is C16H18N2O2S. The summed E-state index contributed by atoms with van der Waals surface area (Å²) in [7, 11) is 0. The fraction of sp³-hybridized carbons (Fsp3) is 0.500. The van der Waals surface area contributed by atoms with E-state index in [9.17, 15) is 4.79 Å². The van der Waals surface area contributed by atoms with Crippen LogP contribution in [0.4, 0.5) is 0 Å². The van der Waals surface area contributed by atoms with Gasteiger partial charge in [-0.3, -0.25) is 4.79 Å². The zero-order valence-corrected chi connectivity index (χ0v) is 12.7. The highest BCUT2D eigenvalue weighted by Gasteiger charge is 2.46. The lowest BCUT2D eigenvalue weighted by Gasteiger charge is -2.48. The SMILES string of the molecule is O=C(Cc1csc(-c2ccoc2)n1)N1CC2(CCCC2)C1. The van der Waals surface area contributed by atoms with Gasteiger partial charge in [0.1, 0.15) is 11.3 Å². The van der Waals surface area contributed by atoms with Crippen LogP contribution in [-0.4, -0.2) is 28.9 Å². The number of carbonyl (C=O) groups excluding carboxylic acids is 1. The van der Waals surface area contributed by atoms with Gasteiger partial charge < -0.3 is 9.32 Å². The van der Waals surface area contributed by atoms with Gasteiger partial charge in [0.2, 0.25) is 5.91 Å². The number of rotatable bonds is 3. The lowest BCUT2D eigenvalue weighted by atomic mass is 9.78. The van der Waals surface area contributed by atoms with Gasteiger partial charge in [0.15, 0.2) is 0 Å². The molecule has 0 unspecified atom stereocenters. The van der Waals surface area contributed by atoms with Gasteiger partial charge in [-0.1, -0.05) is 12.8 Å². The minimum atomic E-state index is 0.219. The van der Waals surface area contributed by atoms with E-state index in [1.54, 1.807) is 23.9 Å². The van der Waals surface area contributed by atoms with Crippen LogP contribution < -0.4 is 0 Å². The number of hydrogen-bond acceptors (Lipinski definition) is 4. The van der Waals surface area contributed by atoms with E-state index >= 15 is 0 Å². The zero-order chi connectivity index (χ0) is 14.3. The van der Waals surface area contributed by atoms with Gasteiger partial charge in [0.25, 0.3) is 0 Å². The highest BCUT2D eigenvalue weighted by Crippen LogP contribution is 2.45. The summed E-state index contributed by atoms with van der Waals surface area (Å²) in [4.78, 5) is 18.8. The number of furan rings is 1. The Morgan fingerprint density at radius 1 is 1.38 bits per heavy atom. The van der Waals surface area contributed by atoms with E-state index in [2.05, 4.69) is 4.98 Å². The van der Waals surface area contributed by atoms with Crippen molar-refractivity contribution < 1.29 is 9.21 Å². The topological polar surface area (TPSA) is 46.3 Å². The van der Waals surface area contributed by atoms with Crippen LogP contribution in [0.15, 0.2) is 28.4 Å². The fourth-order valence-corrected chi connectivity index (χ4v) is 4.36. The van der Waals surface area contributed by atoms with Crippen LogP contribution in [0, 0.1) is 5.41 Å². The van der Waals surface area contributed by atoms with Crippen LogP contribution in [0.1, 0.15) is 31.4 Å². The molecule has 3 heterocycles. The van der Waals surface area contributed by atoms with Crippen LogP contribution in [0.25, 0.3) is 10.6 Å². The first-order valence-corrected chi connectivity index (χ1v) is 8.37. The zero-order valence-electron chi connectivity index (χ0n) is 11.9. The number of likely N-dealkylation sites (tertiary alicyclic amines) is 1. The average molecular weight is 302 g/mol. The molecule has 1 saturated heterocycles. The van der Waals surface area contributed by atoms with Gasteiger partial charge in [-0.05, 0) is 18.9 Å². The van der Waals surface area contributed by atoms with Gasteiger partial charge in [-0.2, -0.15) is 0 Å². The number of hydrogen-bond donors (Lipinski definition) is 0. The summed E-state index contributed by atoms with van der Waals surface area (Å²) in [6, 6.07) is 1.89. The van der Waals surface area contributed by atoms with Gasteiger partial charge in [0.05, 0.1) is 18.4 Å². The highest BCUT2D eigenvalue weighted by atomic mass is 32.1. The number of amides is 1. The first-order chi connectivity index (χ1) is 10.2. The molecule has 2 aromatic rings. The molecule has 1 amide bonds. The molecule has 1 spiro atoms. The third kappa shape index (κ3) is 2.39. The van der Waals surface area contributed by atoms with E-state index in [0.717, 1.165) is 29.4 Å². The van der Waals surface area contributed by atoms with Gasteiger partial charge in [0, 0.05) is 29.4 Å². The second kappa shape index (κ2) is 4.98. The molecule has 0 radical (unpaired) electrons. The Morgan fingerprint density at radius 3 is 2.90 bits per heavy atom. The normalized spacial score (nSPS) is 19.9. The van der Waals surface area contributed by atoms with E-state index in [-0.39, 0.29) is 5.91 Å². The molecule has 1 aliphatic heterocycles. The number of nitrogens with zero attached hydrogens (tertiary/aromatic N) is 2. The van der Waals surface area contributed by atoms with Crippen molar-refractivity contribution in [3.63, 3.8) is 0 Å².